The Morgan fingerprint density at radius 1 is 1.33 bits per heavy atom. The molecule has 0 aliphatic carbocycles. The molecule has 97 valence electrons. The van der Waals surface area contributed by atoms with Crippen molar-refractivity contribution in [3.8, 4) is 5.75 Å². The first-order valence-corrected chi connectivity index (χ1v) is 6.54. The van der Waals surface area contributed by atoms with Crippen molar-refractivity contribution in [2.24, 2.45) is 11.7 Å². The quantitative estimate of drug-likeness (QED) is 0.826. The van der Waals surface area contributed by atoms with E-state index < -0.39 is 0 Å². The molecule has 1 radical (unpaired) electrons. The van der Waals surface area contributed by atoms with Gasteiger partial charge in [-0.1, -0.05) is 26.0 Å². The molecule has 0 saturated carbocycles. The highest BCUT2D eigenvalue weighted by molar-refractivity contribution is 6.47. The molecule has 1 aromatic rings. The van der Waals surface area contributed by atoms with Gasteiger partial charge in [0.05, 0.1) is 0 Å². The highest BCUT2D eigenvalue weighted by atomic mass is 16.5. The molecule has 18 heavy (non-hydrogen) atoms. The second-order valence-electron chi connectivity index (χ2n) is 5.33. The Hall–Kier alpha value is -0.995. The van der Waals surface area contributed by atoms with E-state index in [-0.39, 0.29) is 12.3 Å². The van der Waals surface area contributed by atoms with Crippen LogP contribution in [0.2, 0.25) is 0 Å². The Morgan fingerprint density at radius 2 is 2.06 bits per heavy atom. The zero-order chi connectivity index (χ0) is 13.3. The monoisotopic (exact) mass is 246 g/mol. The van der Waals surface area contributed by atoms with E-state index in [9.17, 15) is 0 Å². The summed E-state index contributed by atoms with van der Waals surface area (Å²) in [5.74, 6) is 1.64. The first kappa shape index (κ1) is 13.4. The largest absolute Gasteiger partial charge is 0.475 e. The van der Waals surface area contributed by atoms with Crippen molar-refractivity contribution >= 4 is 12.9 Å². The topological polar surface area (TPSA) is 44.5 Å². The predicted octanol–water partition coefficient (Wildman–Crippen LogP) is 1.77. The maximum absolute atomic E-state index is 5.99. The molecule has 1 aromatic carbocycles. The number of ether oxygens (including phenoxy) is 1. The summed E-state index contributed by atoms with van der Waals surface area (Å²) in [7, 11) is 1.77. The molecular formula is C14H21BNO2. The van der Waals surface area contributed by atoms with E-state index in [1.807, 2.05) is 19.9 Å². The van der Waals surface area contributed by atoms with Gasteiger partial charge in [0.15, 0.2) is 6.23 Å². The van der Waals surface area contributed by atoms with Crippen molar-refractivity contribution in [1.29, 1.82) is 0 Å². The van der Waals surface area contributed by atoms with Crippen LogP contribution in [0.15, 0.2) is 18.2 Å². The second-order valence-corrected chi connectivity index (χ2v) is 5.33. The van der Waals surface area contributed by atoms with Gasteiger partial charge in [-0.25, -0.2) is 0 Å². The van der Waals surface area contributed by atoms with Gasteiger partial charge in [-0.05, 0) is 36.9 Å². The third-order valence-electron chi connectivity index (χ3n) is 3.57. The Kier molecular flexibility index (Phi) is 3.98. The molecular weight excluding hydrogens is 225 g/mol. The summed E-state index contributed by atoms with van der Waals surface area (Å²) in [6.07, 6.45) is -0.0445. The van der Waals surface area contributed by atoms with Crippen LogP contribution in [-0.4, -0.2) is 19.8 Å². The molecule has 2 rings (SSSR count). The smallest absolute Gasteiger partial charge is 0.330 e. The van der Waals surface area contributed by atoms with Crippen molar-refractivity contribution in [2.75, 3.05) is 0 Å². The van der Waals surface area contributed by atoms with Gasteiger partial charge in [0.25, 0.3) is 0 Å². The number of rotatable bonds is 3. The SMILES string of the molecule is CC(C)O[B]c1ccc2c(c1)OC(N)C(C)C2C. The third kappa shape index (κ3) is 2.70. The van der Waals surface area contributed by atoms with E-state index in [0.29, 0.717) is 11.8 Å². The highest BCUT2D eigenvalue weighted by Crippen LogP contribution is 2.37. The van der Waals surface area contributed by atoms with Crippen molar-refractivity contribution in [2.45, 2.75) is 45.9 Å². The lowest BCUT2D eigenvalue weighted by Crippen LogP contribution is -2.40. The summed E-state index contributed by atoms with van der Waals surface area (Å²) in [6.45, 7) is 8.33. The van der Waals surface area contributed by atoms with Crippen molar-refractivity contribution in [3.05, 3.63) is 23.8 Å². The summed E-state index contributed by atoms with van der Waals surface area (Å²) in [6, 6.07) is 6.17. The van der Waals surface area contributed by atoms with Crippen LogP contribution in [0.3, 0.4) is 0 Å². The number of benzene rings is 1. The Bertz CT molecular complexity index is 422. The summed E-state index contributed by atoms with van der Waals surface area (Å²) in [5.41, 5.74) is 8.23. The van der Waals surface area contributed by atoms with Gasteiger partial charge < -0.3 is 9.39 Å². The maximum Gasteiger partial charge on any atom is 0.330 e. The van der Waals surface area contributed by atoms with Crippen molar-refractivity contribution < 1.29 is 9.39 Å². The summed E-state index contributed by atoms with van der Waals surface area (Å²) in [4.78, 5) is 0. The fraction of sp³-hybridized carbons (Fsp3) is 0.571. The van der Waals surface area contributed by atoms with Gasteiger partial charge in [0, 0.05) is 12.0 Å². The molecule has 3 atom stereocenters. The average molecular weight is 246 g/mol. The van der Waals surface area contributed by atoms with Crippen LogP contribution in [0.4, 0.5) is 0 Å². The van der Waals surface area contributed by atoms with Gasteiger partial charge in [-0.3, -0.25) is 5.73 Å². The third-order valence-corrected chi connectivity index (χ3v) is 3.57. The summed E-state index contributed by atoms with van der Waals surface area (Å²) >= 11 is 0. The Labute approximate surface area is 110 Å². The minimum absolute atomic E-state index is 0.183. The molecule has 0 aromatic heterocycles. The molecule has 3 nitrogen and oxygen atoms in total. The predicted molar refractivity (Wildman–Crippen MR) is 74.2 cm³/mol. The molecule has 3 unspecified atom stereocenters. The number of hydrogen-bond acceptors (Lipinski definition) is 3. The lowest BCUT2D eigenvalue weighted by atomic mass is 9.81. The van der Waals surface area contributed by atoms with Crippen molar-refractivity contribution in [3.63, 3.8) is 0 Å². The van der Waals surface area contributed by atoms with Gasteiger partial charge in [0.2, 0.25) is 0 Å². The second kappa shape index (κ2) is 5.33. The number of fused-ring (bicyclic) bond motifs is 1. The van der Waals surface area contributed by atoms with Gasteiger partial charge in [-0.15, -0.1) is 0 Å². The molecule has 0 saturated heterocycles. The first-order valence-electron chi connectivity index (χ1n) is 6.54. The zero-order valence-corrected chi connectivity index (χ0v) is 11.5. The Balaban J connectivity index is 2.19. The minimum atomic E-state index is -0.228. The molecule has 0 amide bonds. The summed E-state index contributed by atoms with van der Waals surface area (Å²) in [5, 5.41) is 0. The molecule has 0 fully saturated rings. The summed E-state index contributed by atoms with van der Waals surface area (Å²) < 4.78 is 11.2. The molecule has 2 N–H and O–H groups in total. The van der Waals surface area contributed by atoms with Gasteiger partial charge in [-0.2, -0.15) is 0 Å². The van der Waals surface area contributed by atoms with E-state index >= 15 is 0 Å². The molecule has 1 aliphatic rings. The average Bonchev–Trinajstić information content (AvgIpc) is 2.33. The molecule has 4 heteroatoms. The van der Waals surface area contributed by atoms with Crippen LogP contribution in [-0.2, 0) is 4.65 Å². The van der Waals surface area contributed by atoms with Gasteiger partial charge in [0.1, 0.15) is 5.75 Å². The number of hydrogen-bond donors (Lipinski definition) is 1. The Morgan fingerprint density at radius 3 is 2.72 bits per heavy atom. The lowest BCUT2D eigenvalue weighted by Gasteiger charge is -2.34. The standard InChI is InChI=1S/C14H21BNO2/c1-8(2)18-15-11-5-6-12-9(3)10(4)14(16)17-13(12)7-11/h5-10,14H,16H2,1-4H3. The fourth-order valence-corrected chi connectivity index (χ4v) is 2.14. The van der Waals surface area contributed by atoms with Crippen LogP contribution in [0.5, 0.6) is 5.75 Å². The van der Waals surface area contributed by atoms with Crippen LogP contribution in [0.25, 0.3) is 0 Å². The first-order chi connectivity index (χ1) is 8.49. The highest BCUT2D eigenvalue weighted by Gasteiger charge is 2.30. The van der Waals surface area contributed by atoms with E-state index in [2.05, 4.69) is 26.0 Å². The van der Waals surface area contributed by atoms with E-state index in [0.717, 1.165) is 11.2 Å². The lowest BCUT2D eigenvalue weighted by molar-refractivity contribution is 0.112. The number of nitrogens with two attached hydrogens (primary N) is 1. The minimum Gasteiger partial charge on any atom is -0.475 e. The molecule has 0 spiro atoms. The van der Waals surface area contributed by atoms with Crippen LogP contribution in [0, 0.1) is 5.92 Å². The van der Waals surface area contributed by atoms with E-state index in [1.165, 1.54) is 5.56 Å². The van der Waals surface area contributed by atoms with Crippen LogP contribution < -0.4 is 15.9 Å². The van der Waals surface area contributed by atoms with E-state index in [4.69, 9.17) is 15.1 Å². The molecule has 1 aliphatic heterocycles. The van der Waals surface area contributed by atoms with Crippen LogP contribution in [0.1, 0.15) is 39.2 Å². The normalized spacial score (nSPS) is 26.7. The zero-order valence-electron chi connectivity index (χ0n) is 11.5. The molecule has 1 heterocycles. The van der Waals surface area contributed by atoms with Gasteiger partial charge >= 0.3 is 7.48 Å². The fourth-order valence-electron chi connectivity index (χ4n) is 2.14. The van der Waals surface area contributed by atoms with Crippen LogP contribution >= 0.6 is 0 Å². The molecule has 0 bridgehead atoms. The van der Waals surface area contributed by atoms with Crippen molar-refractivity contribution in [1.82, 2.24) is 0 Å². The maximum atomic E-state index is 5.99. The van der Waals surface area contributed by atoms with E-state index in [1.54, 1.807) is 7.48 Å².